The molecule has 108 valence electrons. The number of nitrogens with zero attached hydrogens (tertiary/aromatic N) is 1. The monoisotopic (exact) mass is 366 g/mol. The van der Waals surface area contributed by atoms with Crippen LogP contribution >= 0.6 is 27.3 Å². The first-order valence-corrected chi connectivity index (χ1v) is 7.61. The second-order valence-corrected chi connectivity index (χ2v) is 6.57. The molecule has 1 N–H and O–H groups in total. The number of carbonyl (C=O) groups excluding carboxylic acids is 1. The van der Waals surface area contributed by atoms with Crippen LogP contribution in [-0.4, -0.2) is 10.8 Å². The summed E-state index contributed by atoms with van der Waals surface area (Å²) >= 11 is 4.85. The van der Waals surface area contributed by atoms with Crippen LogP contribution in [0.25, 0.3) is 6.08 Å². The fourth-order valence-electron chi connectivity index (χ4n) is 1.66. The standard InChI is InChI=1S/C14H11BrN2O3S/c15-13-7-5-11(21-13)6-8-14(18)16-9-10-3-1-2-4-12(10)17(19)20/h1-8H,9H2,(H,16,18)/b8-6+. The molecule has 0 unspecified atom stereocenters. The van der Waals surface area contributed by atoms with Gasteiger partial charge >= 0.3 is 0 Å². The van der Waals surface area contributed by atoms with Crippen LogP contribution in [0.4, 0.5) is 5.69 Å². The average molecular weight is 367 g/mol. The van der Waals surface area contributed by atoms with Gasteiger partial charge in [0.05, 0.1) is 8.71 Å². The van der Waals surface area contributed by atoms with E-state index in [1.54, 1.807) is 24.3 Å². The highest BCUT2D eigenvalue weighted by Crippen LogP contribution is 2.23. The SMILES string of the molecule is O=C(/C=C/c1ccc(Br)s1)NCc1ccccc1[N+](=O)[O-]. The van der Waals surface area contributed by atoms with Crippen LogP contribution in [0.2, 0.25) is 0 Å². The molecule has 0 saturated heterocycles. The van der Waals surface area contributed by atoms with Gasteiger partial charge in [0.1, 0.15) is 0 Å². The minimum absolute atomic E-state index is 0.00367. The van der Waals surface area contributed by atoms with E-state index in [1.165, 1.54) is 23.5 Å². The van der Waals surface area contributed by atoms with Gasteiger partial charge in [0.2, 0.25) is 5.91 Å². The maximum atomic E-state index is 11.7. The maximum Gasteiger partial charge on any atom is 0.274 e. The molecule has 1 aromatic heterocycles. The Kier molecular flexibility index (Phi) is 5.24. The lowest BCUT2D eigenvalue weighted by molar-refractivity contribution is -0.385. The number of hydrogen-bond acceptors (Lipinski definition) is 4. The molecule has 0 aliphatic carbocycles. The van der Waals surface area contributed by atoms with E-state index in [1.807, 2.05) is 12.1 Å². The summed E-state index contributed by atoms with van der Waals surface area (Å²) in [5.41, 5.74) is 0.479. The number of benzene rings is 1. The molecule has 0 saturated carbocycles. The summed E-state index contributed by atoms with van der Waals surface area (Å²) in [6.45, 7) is 0.120. The Morgan fingerprint density at radius 2 is 2.10 bits per heavy atom. The molecule has 2 aromatic rings. The van der Waals surface area contributed by atoms with Crippen LogP contribution in [0.1, 0.15) is 10.4 Å². The van der Waals surface area contributed by atoms with Crippen LogP contribution in [0.15, 0.2) is 46.3 Å². The van der Waals surface area contributed by atoms with Gasteiger partial charge in [-0.05, 0) is 34.1 Å². The highest BCUT2D eigenvalue weighted by atomic mass is 79.9. The van der Waals surface area contributed by atoms with Crippen molar-refractivity contribution in [2.24, 2.45) is 0 Å². The summed E-state index contributed by atoms with van der Waals surface area (Å²) < 4.78 is 0.988. The molecule has 0 aliphatic rings. The molecular weight excluding hydrogens is 356 g/mol. The molecule has 0 spiro atoms. The summed E-state index contributed by atoms with van der Waals surface area (Å²) in [5.74, 6) is -0.294. The highest BCUT2D eigenvalue weighted by Gasteiger charge is 2.12. The molecule has 7 heteroatoms. The lowest BCUT2D eigenvalue weighted by Gasteiger charge is -2.03. The van der Waals surface area contributed by atoms with Gasteiger partial charge in [-0.1, -0.05) is 18.2 Å². The average Bonchev–Trinajstić information content (AvgIpc) is 2.88. The minimum Gasteiger partial charge on any atom is -0.348 e. The third-order valence-corrected chi connectivity index (χ3v) is 4.22. The Morgan fingerprint density at radius 1 is 1.33 bits per heavy atom. The molecule has 0 atom stereocenters. The summed E-state index contributed by atoms with van der Waals surface area (Å²) in [6.07, 6.45) is 3.11. The van der Waals surface area contributed by atoms with Crippen molar-refractivity contribution in [3.05, 3.63) is 66.8 Å². The van der Waals surface area contributed by atoms with E-state index in [2.05, 4.69) is 21.2 Å². The van der Waals surface area contributed by atoms with Crippen molar-refractivity contribution in [1.82, 2.24) is 5.32 Å². The first-order valence-electron chi connectivity index (χ1n) is 6.00. The van der Waals surface area contributed by atoms with Gasteiger partial charge in [0.25, 0.3) is 5.69 Å². The molecule has 2 rings (SSSR count). The van der Waals surface area contributed by atoms with Crippen molar-refractivity contribution in [2.75, 3.05) is 0 Å². The summed E-state index contributed by atoms with van der Waals surface area (Å²) in [7, 11) is 0. The van der Waals surface area contributed by atoms with Crippen LogP contribution < -0.4 is 5.32 Å². The lowest BCUT2D eigenvalue weighted by atomic mass is 10.2. The Bertz CT molecular complexity index is 697. The quantitative estimate of drug-likeness (QED) is 0.497. The number of nitro benzene ring substituents is 1. The predicted octanol–water partition coefficient (Wildman–Crippen LogP) is 3.75. The number of amides is 1. The fourth-order valence-corrected chi connectivity index (χ4v) is 2.98. The topological polar surface area (TPSA) is 72.2 Å². The second-order valence-electron chi connectivity index (χ2n) is 4.08. The number of para-hydroxylation sites is 1. The van der Waals surface area contributed by atoms with Crippen molar-refractivity contribution in [2.45, 2.75) is 6.54 Å². The number of nitrogens with one attached hydrogen (secondary N) is 1. The minimum atomic E-state index is -0.458. The number of hydrogen-bond donors (Lipinski definition) is 1. The summed E-state index contributed by atoms with van der Waals surface area (Å²) in [4.78, 5) is 23.0. The third kappa shape index (κ3) is 4.51. The first kappa shape index (κ1) is 15.4. The van der Waals surface area contributed by atoms with Crippen molar-refractivity contribution in [3.63, 3.8) is 0 Å². The van der Waals surface area contributed by atoms with E-state index in [-0.39, 0.29) is 18.1 Å². The zero-order valence-corrected chi connectivity index (χ0v) is 13.2. The summed E-state index contributed by atoms with van der Waals surface area (Å²) in [6, 6.07) is 10.1. The fraction of sp³-hybridized carbons (Fsp3) is 0.0714. The number of carbonyl (C=O) groups is 1. The molecule has 0 radical (unpaired) electrons. The zero-order chi connectivity index (χ0) is 15.2. The molecule has 0 fully saturated rings. The van der Waals surface area contributed by atoms with Crippen molar-refractivity contribution >= 4 is 44.9 Å². The second kappa shape index (κ2) is 7.14. The molecule has 1 amide bonds. The lowest BCUT2D eigenvalue weighted by Crippen LogP contribution is -2.20. The molecule has 1 aromatic carbocycles. The van der Waals surface area contributed by atoms with Crippen molar-refractivity contribution in [1.29, 1.82) is 0 Å². The van der Waals surface area contributed by atoms with Gasteiger partial charge in [0, 0.05) is 29.1 Å². The largest absolute Gasteiger partial charge is 0.348 e. The van der Waals surface area contributed by atoms with Gasteiger partial charge in [-0.25, -0.2) is 0 Å². The third-order valence-electron chi connectivity index (χ3n) is 2.63. The van der Waals surface area contributed by atoms with Gasteiger partial charge < -0.3 is 5.32 Å². The number of rotatable bonds is 5. The molecule has 1 heterocycles. The van der Waals surface area contributed by atoms with Crippen molar-refractivity contribution < 1.29 is 9.72 Å². The highest BCUT2D eigenvalue weighted by molar-refractivity contribution is 9.11. The molecule has 0 bridgehead atoms. The first-order chi connectivity index (χ1) is 10.1. The van der Waals surface area contributed by atoms with E-state index in [9.17, 15) is 14.9 Å². The Morgan fingerprint density at radius 3 is 2.76 bits per heavy atom. The van der Waals surface area contributed by atoms with Gasteiger partial charge in [0.15, 0.2) is 0 Å². The van der Waals surface area contributed by atoms with Crippen LogP contribution in [0.3, 0.4) is 0 Å². The van der Waals surface area contributed by atoms with Crippen LogP contribution in [0, 0.1) is 10.1 Å². The number of halogens is 1. The van der Waals surface area contributed by atoms with Crippen molar-refractivity contribution in [3.8, 4) is 0 Å². The van der Waals surface area contributed by atoms with E-state index >= 15 is 0 Å². The van der Waals surface area contributed by atoms with Gasteiger partial charge in [-0.3, -0.25) is 14.9 Å². The van der Waals surface area contributed by atoms with Gasteiger partial charge in [-0.15, -0.1) is 11.3 Å². The smallest absolute Gasteiger partial charge is 0.274 e. The molecular formula is C14H11BrN2O3S. The van der Waals surface area contributed by atoms with E-state index in [0.717, 1.165) is 8.66 Å². The van der Waals surface area contributed by atoms with E-state index < -0.39 is 4.92 Å². The molecule has 21 heavy (non-hydrogen) atoms. The van der Waals surface area contributed by atoms with Gasteiger partial charge in [-0.2, -0.15) is 0 Å². The number of thiophene rings is 1. The Hall–Kier alpha value is -1.99. The van der Waals surface area contributed by atoms with Crippen LogP contribution in [-0.2, 0) is 11.3 Å². The molecule has 0 aliphatic heterocycles. The zero-order valence-electron chi connectivity index (χ0n) is 10.8. The van der Waals surface area contributed by atoms with Crippen LogP contribution in [0.5, 0.6) is 0 Å². The summed E-state index contributed by atoms with van der Waals surface area (Å²) in [5, 5.41) is 13.5. The molecule has 5 nitrogen and oxygen atoms in total. The maximum absolute atomic E-state index is 11.7. The van der Waals surface area contributed by atoms with E-state index in [0.29, 0.717) is 5.56 Å². The normalized spacial score (nSPS) is 10.7. The predicted molar refractivity (Wildman–Crippen MR) is 86.0 cm³/mol. The Balaban J connectivity index is 1.95. The number of nitro groups is 1. The van der Waals surface area contributed by atoms with E-state index in [4.69, 9.17) is 0 Å². The Labute approximate surface area is 133 Å².